The van der Waals surface area contributed by atoms with Crippen molar-refractivity contribution in [3.63, 3.8) is 0 Å². The van der Waals surface area contributed by atoms with Crippen LogP contribution in [0.3, 0.4) is 0 Å². The number of aromatic nitrogens is 2. The van der Waals surface area contributed by atoms with Crippen molar-refractivity contribution >= 4 is 5.91 Å². The van der Waals surface area contributed by atoms with Crippen LogP contribution in [0.1, 0.15) is 37.1 Å². The molecule has 1 amide bonds. The van der Waals surface area contributed by atoms with Crippen LogP contribution in [0.15, 0.2) is 16.4 Å². The molecule has 1 fully saturated rings. The summed E-state index contributed by atoms with van der Waals surface area (Å²) in [7, 11) is 0. The van der Waals surface area contributed by atoms with Crippen molar-refractivity contribution in [3.05, 3.63) is 23.8 Å². The summed E-state index contributed by atoms with van der Waals surface area (Å²) < 4.78 is 52.7. The number of ether oxygens (including phenoxy) is 2. The second-order valence-corrected chi connectivity index (χ2v) is 5.54. The van der Waals surface area contributed by atoms with Crippen LogP contribution >= 0.6 is 0 Å². The molecule has 1 aromatic heterocycles. The van der Waals surface area contributed by atoms with E-state index in [0.29, 0.717) is 19.6 Å². The van der Waals surface area contributed by atoms with Gasteiger partial charge in [0, 0.05) is 6.54 Å². The van der Waals surface area contributed by atoms with E-state index in [1.807, 2.05) is 0 Å². The Balaban J connectivity index is 1.77. The smallest absolute Gasteiger partial charge is 0.397 e. The Morgan fingerprint density at radius 3 is 2.83 bits per heavy atom. The minimum atomic E-state index is -4.43. The minimum absolute atomic E-state index is 0.0135. The van der Waals surface area contributed by atoms with E-state index in [9.17, 15) is 18.0 Å². The lowest BCUT2D eigenvalue weighted by atomic mass is 10.0. The molecule has 0 aromatic carbocycles. The lowest BCUT2D eigenvalue weighted by Gasteiger charge is -2.34. The van der Waals surface area contributed by atoms with Crippen LogP contribution in [0.4, 0.5) is 13.2 Å². The Bertz CT molecular complexity index is 629. The van der Waals surface area contributed by atoms with Crippen molar-refractivity contribution < 1.29 is 31.9 Å². The molecule has 0 spiro atoms. The number of hydrogen-bond acceptors (Lipinski definition) is 6. The molecule has 132 valence electrons. The van der Waals surface area contributed by atoms with Crippen LogP contribution < -0.4 is 0 Å². The van der Waals surface area contributed by atoms with Gasteiger partial charge in [-0.25, -0.2) is 0 Å². The molecule has 24 heavy (non-hydrogen) atoms. The Morgan fingerprint density at radius 1 is 1.29 bits per heavy atom. The maximum Gasteiger partial charge on any atom is 0.397 e. The Kier molecular flexibility index (Phi) is 4.63. The molecule has 1 atom stereocenters. The first-order valence-electron chi connectivity index (χ1n) is 7.58. The molecule has 3 heterocycles. The molecule has 1 aromatic rings. The zero-order chi connectivity index (χ0) is 17.2. The third-order valence-electron chi connectivity index (χ3n) is 3.74. The molecular formula is C14H16F3N3O4. The third kappa shape index (κ3) is 3.80. The highest BCUT2D eigenvalue weighted by molar-refractivity contribution is 5.91. The quantitative estimate of drug-likeness (QED) is 0.833. The number of carbonyl (C=O) groups excluding carboxylic acids is 1. The highest BCUT2D eigenvalue weighted by atomic mass is 19.4. The Hall–Kier alpha value is -2.26. The van der Waals surface area contributed by atoms with Gasteiger partial charge in [0.15, 0.2) is 0 Å². The Morgan fingerprint density at radius 2 is 2.12 bits per heavy atom. The minimum Gasteiger partial charge on any atom is -0.494 e. The normalized spacial score (nSPS) is 21.7. The summed E-state index contributed by atoms with van der Waals surface area (Å²) in [5.74, 6) is -0.815. The molecule has 7 nitrogen and oxygen atoms in total. The molecule has 3 rings (SSSR count). The summed E-state index contributed by atoms with van der Waals surface area (Å²) in [6, 6.07) is -0.563. The lowest BCUT2D eigenvalue weighted by molar-refractivity contribution is -0.137. The van der Waals surface area contributed by atoms with E-state index >= 15 is 0 Å². The number of amides is 1. The van der Waals surface area contributed by atoms with Crippen molar-refractivity contribution in [2.24, 2.45) is 0 Å². The summed E-state index contributed by atoms with van der Waals surface area (Å²) in [5.41, 5.74) is 0. The van der Waals surface area contributed by atoms with Gasteiger partial charge in [-0.2, -0.15) is 13.2 Å². The standard InChI is InChI=1S/C14H16F3N3O4/c15-14(16,17)7-11-18-19-12(24-11)9-3-1-2-4-20(9)13(21)10-8-22-5-6-23-10/h8-9H,1-7H2/t9-/m0/s1. The second-order valence-electron chi connectivity index (χ2n) is 5.54. The molecular weight excluding hydrogens is 331 g/mol. The number of nitrogens with zero attached hydrogens (tertiary/aromatic N) is 3. The molecule has 0 unspecified atom stereocenters. The molecule has 1 saturated heterocycles. The monoisotopic (exact) mass is 347 g/mol. The first kappa shape index (κ1) is 16.6. The first-order valence-corrected chi connectivity index (χ1v) is 7.58. The molecule has 0 bridgehead atoms. The topological polar surface area (TPSA) is 77.7 Å². The predicted octanol–water partition coefficient (Wildman–Crippen LogP) is 2.12. The maximum absolute atomic E-state index is 12.6. The van der Waals surface area contributed by atoms with Gasteiger partial charge >= 0.3 is 6.18 Å². The highest BCUT2D eigenvalue weighted by Crippen LogP contribution is 2.32. The van der Waals surface area contributed by atoms with E-state index in [1.165, 1.54) is 11.2 Å². The van der Waals surface area contributed by atoms with Gasteiger partial charge in [0.1, 0.15) is 31.9 Å². The van der Waals surface area contributed by atoms with Crippen molar-refractivity contribution in [2.75, 3.05) is 19.8 Å². The summed E-state index contributed by atoms with van der Waals surface area (Å²) >= 11 is 0. The third-order valence-corrected chi connectivity index (χ3v) is 3.74. The van der Waals surface area contributed by atoms with Gasteiger partial charge in [0.05, 0.1) is 0 Å². The van der Waals surface area contributed by atoms with Crippen molar-refractivity contribution in [3.8, 4) is 0 Å². The van der Waals surface area contributed by atoms with Crippen LogP contribution in [0.25, 0.3) is 0 Å². The van der Waals surface area contributed by atoms with Gasteiger partial charge in [0.2, 0.25) is 17.5 Å². The average molecular weight is 347 g/mol. The number of piperidine rings is 1. The zero-order valence-electron chi connectivity index (χ0n) is 12.7. The van der Waals surface area contributed by atoms with Crippen molar-refractivity contribution in [1.82, 2.24) is 15.1 Å². The van der Waals surface area contributed by atoms with Gasteiger partial charge in [-0.3, -0.25) is 4.79 Å². The van der Waals surface area contributed by atoms with E-state index in [2.05, 4.69) is 10.2 Å². The largest absolute Gasteiger partial charge is 0.494 e. The molecule has 0 radical (unpaired) electrons. The highest BCUT2D eigenvalue weighted by Gasteiger charge is 2.36. The van der Waals surface area contributed by atoms with Gasteiger partial charge in [-0.05, 0) is 19.3 Å². The van der Waals surface area contributed by atoms with Crippen molar-refractivity contribution in [2.45, 2.75) is 37.9 Å². The van der Waals surface area contributed by atoms with E-state index in [0.717, 1.165) is 12.8 Å². The number of carbonyl (C=O) groups is 1. The number of halogens is 3. The molecule has 0 saturated carbocycles. The summed E-state index contributed by atoms with van der Waals surface area (Å²) in [5, 5.41) is 7.14. The fourth-order valence-corrected chi connectivity index (χ4v) is 2.70. The van der Waals surface area contributed by atoms with Crippen LogP contribution in [-0.2, 0) is 20.7 Å². The Labute approximate surface area is 135 Å². The molecule has 0 aliphatic carbocycles. The van der Waals surface area contributed by atoms with Crippen LogP contribution in [0, 0.1) is 0 Å². The number of alkyl halides is 3. The van der Waals surface area contributed by atoms with E-state index in [4.69, 9.17) is 13.9 Å². The predicted molar refractivity (Wildman–Crippen MR) is 72.3 cm³/mol. The molecule has 0 N–H and O–H groups in total. The maximum atomic E-state index is 12.6. The molecule has 2 aliphatic heterocycles. The zero-order valence-corrected chi connectivity index (χ0v) is 12.7. The number of likely N-dealkylation sites (tertiary alicyclic amines) is 1. The van der Waals surface area contributed by atoms with E-state index in [-0.39, 0.29) is 18.3 Å². The van der Waals surface area contributed by atoms with Crippen LogP contribution in [0.2, 0.25) is 0 Å². The van der Waals surface area contributed by atoms with Crippen molar-refractivity contribution in [1.29, 1.82) is 0 Å². The van der Waals surface area contributed by atoms with Gasteiger partial charge in [-0.1, -0.05) is 0 Å². The molecule has 2 aliphatic rings. The van der Waals surface area contributed by atoms with E-state index in [1.54, 1.807) is 0 Å². The van der Waals surface area contributed by atoms with Gasteiger partial charge in [-0.15, -0.1) is 10.2 Å². The average Bonchev–Trinajstić information content (AvgIpc) is 3.01. The lowest BCUT2D eigenvalue weighted by Crippen LogP contribution is -2.40. The second kappa shape index (κ2) is 6.70. The summed E-state index contributed by atoms with van der Waals surface area (Å²) in [4.78, 5) is 14.0. The van der Waals surface area contributed by atoms with E-state index < -0.39 is 30.4 Å². The van der Waals surface area contributed by atoms with Gasteiger partial charge < -0.3 is 18.8 Å². The van der Waals surface area contributed by atoms with Crippen LogP contribution in [0.5, 0.6) is 0 Å². The number of rotatable bonds is 3. The molecule has 10 heteroatoms. The van der Waals surface area contributed by atoms with Crippen LogP contribution in [-0.4, -0.2) is 46.9 Å². The summed E-state index contributed by atoms with van der Waals surface area (Å²) in [6.45, 7) is 1.07. The van der Waals surface area contributed by atoms with Gasteiger partial charge in [0.25, 0.3) is 5.91 Å². The number of hydrogen-bond donors (Lipinski definition) is 0. The fourth-order valence-electron chi connectivity index (χ4n) is 2.70. The fraction of sp³-hybridized carbons (Fsp3) is 0.643. The SMILES string of the molecule is O=C(C1=COCCO1)N1CCCC[C@H]1c1nnc(CC(F)(F)F)o1. The summed E-state index contributed by atoms with van der Waals surface area (Å²) in [6.07, 6.45) is -2.34. The first-order chi connectivity index (χ1) is 11.4.